The lowest BCUT2D eigenvalue weighted by atomic mass is 9.75. The van der Waals surface area contributed by atoms with E-state index in [0.717, 1.165) is 17.5 Å². The molecule has 2 aliphatic rings. The Bertz CT molecular complexity index is 413. The van der Waals surface area contributed by atoms with Gasteiger partial charge in [-0.1, -0.05) is 19.3 Å². The number of hydrogen-bond donors (Lipinski definition) is 1. The maximum Gasteiger partial charge on any atom is 0.0569 e. The summed E-state index contributed by atoms with van der Waals surface area (Å²) >= 11 is 0. The summed E-state index contributed by atoms with van der Waals surface area (Å²) in [6.45, 7) is 4.40. The Balaban J connectivity index is 1.69. The van der Waals surface area contributed by atoms with Crippen molar-refractivity contribution in [3.8, 4) is 0 Å². The molecule has 1 aromatic rings. The number of nitrogens with two attached hydrogens (primary N) is 1. The van der Waals surface area contributed by atoms with E-state index in [2.05, 4.69) is 22.0 Å². The van der Waals surface area contributed by atoms with Gasteiger partial charge in [0.1, 0.15) is 0 Å². The van der Waals surface area contributed by atoms with Crippen LogP contribution in [-0.4, -0.2) is 18.1 Å². The largest absolute Gasteiger partial charge is 0.370 e. The highest BCUT2D eigenvalue weighted by Crippen LogP contribution is 2.37. The molecule has 0 radical (unpaired) electrons. The lowest BCUT2D eigenvalue weighted by molar-refractivity contribution is 0.202. The first-order valence-corrected chi connectivity index (χ1v) is 7.70. The molecule has 1 aromatic heterocycles. The van der Waals surface area contributed by atoms with E-state index in [1.54, 1.807) is 0 Å². The van der Waals surface area contributed by atoms with Gasteiger partial charge in [0.25, 0.3) is 0 Å². The summed E-state index contributed by atoms with van der Waals surface area (Å²) in [5.41, 5.74) is 8.11. The van der Waals surface area contributed by atoms with Gasteiger partial charge in [-0.05, 0) is 43.7 Å². The predicted molar refractivity (Wildman–Crippen MR) is 79.1 cm³/mol. The average molecular weight is 259 g/mol. The summed E-state index contributed by atoms with van der Waals surface area (Å²) in [6.07, 6.45) is 9.12. The van der Waals surface area contributed by atoms with Crippen LogP contribution in [0.15, 0.2) is 18.3 Å². The number of piperidine rings is 1. The van der Waals surface area contributed by atoms with Crippen LogP contribution >= 0.6 is 0 Å². The molecule has 0 amide bonds. The Morgan fingerprint density at radius 2 is 2.00 bits per heavy atom. The van der Waals surface area contributed by atoms with Crippen molar-refractivity contribution in [3.63, 3.8) is 0 Å². The highest BCUT2D eigenvalue weighted by molar-refractivity contribution is 5.45. The fourth-order valence-corrected chi connectivity index (χ4v) is 3.69. The zero-order chi connectivity index (χ0) is 13.2. The van der Waals surface area contributed by atoms with Crippen molar-refractivity contribution in [2.75, 3.05) is 18.0 Å². The summed E-state index contributed by atoms with van der Waals surface area (Å²) in [5.74, 6) is 1.90. The fraction of sp³-hybridized carbons (Fsp3) is 0.688. The molecule has 3 nitrogen and oxygen atoms in total. The van der Waals surface area contributed by atoms with Crippen molar-refractivity contribution in [2.24, 2.45) is 17.6 Å². The summed E-state index contributed by atoms with van der Waals surface area (Å²) in [6, 6.07) is 4.29. The molecular weight excluding hydrogens is 234 g/mol. The van der Waals surface area contributed by atoms with Gasteiger partial charge in [-0.3, -0.25) is 4.98 Å². The van der Waals surface area contributed by atoms with E-state index in [-0.39, 0.29) is 6.04 Å². The number of aromatic nitrogens is 1. The van der Waals surface area contributed by atoms with Gasteiger partial charge in [-0.2, -0.15) is 0 Å². The second-order valence-corrected chi connectivity index (χ2v) is 6.27. The first-order valence-electron chi connectivity index (χ1n) is 7.70. The molecule has 1 aliphatic heterocycles. The summed E-state index contributed by atoms with van der Waals surface area (Å²) in [5, 5.41) is 0. The second-order valence-electron chi connectivity index (χ2n) is 6.27. The highest BCUT2D eigenvalue weighted by Gasteiger charge is 2.31. The molecule has 3 rings (SSSR count). The lowest BCUT2D eigenvalue weighted by Gasteiger charge is -2.42. The SMILES string of the molecule is C[C@@H](N)c1ccc(N2CCC3CCCCC3C2)cn1. The minimum absolute atomic E-state index is 0.0260. The van der Waals surface area contributed by atoms with E-state index in [9.17, 15) is 0 Å². The first kappa shape index (κ1) is 12.9. The van der Waals surface area contributed by atoms with Crippen molar-refractivity contribution in [1.82, 2.24) is 4.98 Å². The maximum atomic E-state index is 5.85. The fourth-order valence-electron chi connectivity index (χ4n) is 3.69. The van der Waals surface area contributed by atoms with Crippen LogP contribution in [-0.2, 0) is 0 Å². The van der Waals surface area contributed by atoms with Gasteiger partial charge in [-0.15, -0.1) is 0 Å². The highest BCUT2D eigenvalue weighted by atomic mass is 15.1. The number of rotatable bonds is 2. The topological polar surface area (TPSA) is 42.1 Å². The van der Waals surface area contributed by atoms with Crippen molar-refractivity contribution >= 4 is 5.69 Å². The van der Waals surface area contributed by atoms with E-state index < -0.39 is 0 Å². The zero-order valence-corrected chi connectivity index (χ0v) is 11.9. The Labute approximate surface area is 116 Å². The number of nitrogens with zero attached hydrogens (tertiary/aromatic N) is 2. The predicted octanol–water partition coefficient (Wildman–Crippen LogP) is 3.12. The molecule has 3 atom stereocenters. The number of pyridine rings is 1. The quantitative estimate of drug-likeness (QED) is 0.887. The monoisotopic (exact) mass is 259 g/mol. The molecule has 1 aliphatic carbocycles. The molecule has 2 N–H and O–H groups in total. The van der Waals surface area contributed by atoms with Crippen LogP contribution in [0.5, 0.6) is 0 Å². The molecule has 1 saturated carbocycles. The number of fused-ring (bicyclic) bond motifs is 1. The summed E-state index contributed by atoms with van der Waals surface area (Å²) < 4.78 is 0. The Morgan fingerprint density at radius 3 is 2.68 bits per heavy atom. The van der Waals surface area contributed by atoms with E-state index in [0.29, 0.717) is 0 Å². The van der Waals surface area contributed by atoms with Crippen LogP contribution < -0.4 is 10.6 Å². The zero-order valence-electron chi connectivity index (χ0n) is 11.9. The molecule has 0 spiro atoms. The van der Waals surface area contributed by atoms with Crippen LogP contribution in [0.25, 0.3) is 0 Å². The molecule has 2 fully saturated rings. The van der Waals surface area contributed by atoms with Gasteiger partial charge in [0.05, 0.1) is 17.6 Å². The number of anilines is 1. The van der Waals surface area contributed by atoms with Crippen LogP contribution in [0, 0.1) is 11.8 Å². The Morgan fingerprint density at radius 1 is 1.21 bits per heavy atom. The van der Waals surface area contributed by atoms with Crippen molar-refractivity contribution < 1.29 is 0 Å². The molecule has 1 saturated heterocycles. The van der Waals surface area contributed by atoms with Gasteiger partial charge >= 0.3 is 0 Å². The third-order valence-corrected chi connectivity index (χ3v) is 4.89. The smallest absolute Gasteiger partial charge is 0.0569 e. The van der Waals surface area contributed by atoms with Crippen LogP contribution in [0.1, 0.15) is 50.8 Å². The van der Waals surface area contributed by atoms with E-state index in [1.807, 2.05) is 13.1 Å². The van der Waals surface area contributed by atoms with Crippen LogP contribution in [0.2, 0.25) is 0 Å². The maximum absolute atomic E-state index is 5.85. The lowest BCUT2D eigenvalue weighted by Crippen LogP contribution is -2.41. The average Bonchev–Trinajstić information content (AvgIpc) is 2.47. The minimum atomic E-state index is 0.0260. The van der Waals surface area contributed by atoms with E-state index in [4.69, 9.17) is 5.73 Å². The molecular formula is C16H25N3. The number of hydrogen-bond acceptors (Lipinski definition) is 3. The molecule has 2 unspecified atom stereocenters. The third kappa shape index (κ3) is 2.76. The van der Waals surface area contributed by atoms with Gasteiger partial charge in [-0.25, -0.2) is 0 Å². The standard InChI is InChI=1S/C16H25N3/c1-12(17)16-7-6-15(10-18-16)19-9-8-13-4-2-3-5-14(13)11-19/h6-7,10,12-14H,2-5,8-9,11,17H2,1H3/t12-,13?,14?/m1/s1. The summed E-state index contributed by atoms with van der Waals surface area (Å²) in [4.78, 5) is 7.01. The van der Waals surface area contributed by atoms with Gasteiger partial charge < -0.3 is 10.6 Å². The molecule has 2 heterocycles. The Kier molecular flexibility index (Phi) is 3.74. The molecule has 19 heavy (non-hydrogen) atoms. The summed E-state index contributed by atoms with van der Waals surface area (Å²) in [7, 11) is 0. The first-order chi connectivity index (χ1) is 9.24. The van der Waals surface area contributed by atoms with Crippen molar-refractivity contribution in [1.29, 1.82) is 0 Å². The van der Waals surface area contributed by atoms with Gasteiger partial charge in [0, 0.05) is 19.1 Å². The normalized spacial score (nSPS) is 28.8. The minimum Gasteiger partial charge on any atom is -0.370 e. The van der Waals surface area contributed by atoms with Crippen LogP contribution in [0.3, 0.4) is 0 Å². The van der Waals surface area contributed by atoms with E-state index >= 15 is 0 Å². The van der Waals surface area contributed by atoms with Gasteiger partial charge in [0.2, 0.25) is 0 Å². The Hall–Kier alpha value is -1.09. The van der Waals surface area contributed by atoms with E-state index in [1.165, 1.54) is 50.9 Å². The molecule has 3 heteroatoms. The third-order valence-electron chi connectivity index (χ3n) is 4.89. The van der Waals surface area contributed by atoms with Gasteiger partial charge in [0.15, 0.2) is 0 Å². The van der Waals surface area contributed by atoms with Crippen molar-refractivity contribution in [2.45, 2.75) is 45.1 Å². The molecule has 104 valence electrons. The molecule has 0 bridgehead atoms. The second kappa shape index (κ2) is 5.49. The molecule has 0 aromatic carbocycles. The van der Waals surface area contributed by atoms with Crippen LogP contribution in [0.4, 0.5) is 5.69 Å². The van der Waals surface area contributed by atoms with Crippen molar-refractivity contribution in [3.05, 3.63) is 24.0 Å².